The Kier molecular flexibility index (Phi) is 2.93. The average Bonchev–Trinajstić information content (AvgIpc) is 2.53. The lowest BCUT2D eigenvalue weighted by atomic mass is 9.91. The molecule has 13 heavy (non-hydrogen) atoms. The number of aryl methyl sites for hydroxylation is 1. The predicted octanol–water partition coefficient (Wildman–Crippen LogP) is 2.73. The van der Waals surface area contributed by atoms with Crippen molar-refractivity contribution in [3.8, 4) is 0 Å². The zero-order chi connectivity index (χ0) is 8.77. The summed E-state index contributed by atoms with van der Waals surface area (Å²) in [5, 5.41) is 4.24. The quantitative estimate of drug-likeness (QED) is 0.666. The summed E-state index contributed by atoms with van der Waals surface area (Å²) in [4.78, 5) is 0. The largest absolute Gasteiger partial charge is 0.254 e. The molecule has 0 radical (unpaired) electrons. The molecule has 0 bridgehead atoms. The molecule has 2 rings (SSSR count). The molecule has 4 heteroatoms. The van der Waals surface area contributed by atoms with Crippen molar-refractivity contribution in [3.63, 3.8) is 0 Å². The highest BCUT2D eigenvalue weighted by Crippen LogP contribution is 2.37. The first-order chi connectivity index (χ1) is 5.65. The minimum Gasteiger partial charge on any atom is -0.254 e. The van der Waals surface area contributed by atoms with E-state index in [1.807, 2.05) is 10.9 Å². The van der Waals surface area contributed by atoms with E-state index in [0.29, 0.717) is 6.00 Å². The molecule has 1 aromatic rings. The molecular weight excluding hydrogens is 207 g/mol. The Morgan fingerprint density at radius 1 is 1.62 bits per heavy atom. The maximum atomic E-state index is 5.78. The van der Waals surface area contributed by atoms with Gasteiger partial charge in [0.05, 0.1) is 6.20 Å². The van der Waals surface area contributed by atoms with Crippen LogP contribution in [0, 0.1) is 0 Å². The second kappa shape index (κ2) is 3.50. The van der Waals surface area contributed by atoms with Gasteiger partial charge < -0.3 is 0 Å². The first-order valence-corrected chi connectivity index (χ1v) is 4.80. The van der Waals surface area contributed by atoms with Gasteiger partial charge >= 0.3 is 0 Å². The predicted molar refractivity (Wildman–Crippen MR) is 56.7 cm³/mol. The summed E-state index contributed by atoms with van der Waals surface area (Å²) >= 11 is 5.78. The van der Waals surface area contributed by atoms with Crippen molar-refractivity contribution in [3.05, 3.63) is 17.5 Å². The molecular formula is C9H14Cl2N2. The topological polar surface area (TPSA) is 17.8 Å². The molecule has 0 spiro atoms. The SMILES string of the molecule is CC1(C)CCc2cnn(CCl)c21.Cl. The lowest BCUT2D eigenvalue weighted by Crippen LogP contribution is -2.18. The number of hydrogen-bond acceptors (Lipinski definition) is 1. The first kappa shape index (κ1) is 10.9. The fraction of sp³-hybridized carbons (Fsp3) is 0.667. The van der Waals surface area contributed by atoms with Crippen LogP contribution in [0.4, 0.5) is 0 Å². The molecule has 0 saturated heterocycles. The Balaban J connectivity index is 0.000000845. The van der Waals surface area contributed by atoms with Crippen molar-refractivity contribution in [2.75, 3.05) is 0 Å². The van der Waals surface area contributed by atoms with Gasteiger partial charge in [0.25, 0.3) is 0 Å². The third kappa shape index (κ3) is 1.57. The minimum atomic E-state index is 0. The number of aromatic nitrogens is 2. The molecule has 1 aliphatic rings. The molecule has 0 atom stereocenters. The Morgan fingerprint density at radius 3 is 2.92 bits per heavy atom. The summed E-state index contributed by atoms with van der Waals surface area (Å²) in [7, 11) is 0. The van der Waals surface area contributed by atoms with Gasteiger partial charge in [-0.05, 0) is 18.4 Å². The van der Waals surface area contributed by atoms with Crippen molar-refractivity contribution in [1.29, 1.82) is 0 Å². The van der Waals surface area contributed by atoms with Crippen molar-refractivity contribution < 1.29 is 0 Å². The molecule has 0 saturated carbocycles. The lowest BCUT2D eigenvalue weighted by Gasteiger charge is -2.19. The second-order valence-corrected chi connectivity index (χ2v) is 4.26. The van der Waals surface area contributed by atoms with Gasteiger partial charge in [0.15, 0.2) is 0 Å². The van der Waals surface area contributed by atoms with Gasteiger partial charge in [-0.2, -0.15) is 5.10 Å². The number of hydrogen-bond donors (Lipinski definition) is 0. The maximum Gasteiger partial charge on any atom is 0.115 e. The van der Waals surface area contributed by atoms with Crippen LogP contribution in [-0.4, -0.2) is 9.78 Å². The number of halogens is 2. The fourth-order valence-corrected chi connectivity index (χ4v) is 2.23. The monoisotopic (exact) mass is 220 g/mol. The van der Waals surface area contributed by atoms with E-state index < -0.39 is 0 Å². The van der Waals surface area contributed by atoms with Crippen LogP contribution < -0.4 is 0 Å². The summed E-state index contributed by atoms with van der Waals surface area (Å²) in [6.07, 6.45) is 4.32. The van der Waals surface area contributed by atoms with E-state index in [1.54, 1.807) is 0 Å². The van der Waals surface area contributed by atoms with Crippen LogP contribution in [0.5, 0.6) is 0 Å². The van der Waals surface area contributed by atoms with Gasteiger partial charge in [0.1, 0.15) is 6.00 Å². The van der Waals surface area contributed by atoms with E-state index in [-0.39, 0.29) is 17.8 Å². The summed E-state index contributed by atoms with van der Waals surface area (Å²) in [6.45, 7) is 4.51. The molecule has 0 N–H and O–H groups in total. The Labute approximate surface area is 89.7 Å². The third-order valence-corrected chi connectivity index (χ3v) is 2.92. The standard InChI is InChI=1S/C9H13ClN2.ClH/c1-9(2)4-3-7-5-11-12(6-10)8(7)9;/h5H,3-4,6H2,1-2H3;1H. The van der Waals surface area contributed by atoms with Crippen LogP contribution in [0.2, 0.25) is 0 Å². The Hall–Kier alpha value is -0.210. The fourth-order valence-electron chi connectivity index (χ4n) is 2.05. The molecule has 1 heterocycles. The van der Waals surface area contributed by atoms with Crippen LogP contribution in [0.1, 0.15) is 31.5 Å². The van der Waals surface area contributed by atoms with Crippen LogP contribution in [-0.2, 0) is 17.8 Å². The molecule has 0 aliphatic heterocycles. The van der Waals surface area contributed by atoms with Gasteiger partial charge in [-0.25, -0.2) is 0 Å². The highest BCUT2D eigenvalue weighted by Gasteiger charge is 2.33. The van der Waals surface area contributed by atoms with E-state index in [0.717, 1.165) is 6.42 Å². The van der Waals surface area contributed by atoms with Gasteiger partial charge in [-0.15, -0.1) is 24.0 Å². The number of nitrogens with zero attached hydrogens (tertiary/aromatic N) is 2. The lowest BCUT2D eigenvalue weighted by molar-refractivity contribution is 0.473. The second-order valence-electron chi connectivity index (χ2n) is 4.02. The molecule has 2 nitrogen and oxygen atoms in total. The van der Waals surface area contributed by atoms with Gasteiger partial charge in [-0.1, -0.05) is 13.8 Å². The van der Waals surface area contributed by atoms with Crippen molar-refractivity contribution in [2.45, 2.75) is 38.1 Å². The number of alkyl halides is 1. The Morgan fingerprint density at radius 2 is 2.31 bits per heavy atom. The zero-order valence-corrected chi connectivity index (χ0v) is 9.45. The smallest absolute Gasteiger partial charge is 0.115 e. The molecule has 0 amide bonds. The van der Waals surface area contributed by atoms with E-state index in [1.165, 1.54) is 17.7 Å². The van der Waals surface area contributed by atoms with Gasteiger partial charge in [-0.3, -0.25) is 4.68 Å². The Bertz CT molecular complexity index is 305. The molecule has 1 aliphatic carbocycles. The average molecular weight is 221 g/mol. The summed E-state index contributed by atoms with van der Waals surface area (Å²) in [5.74, 6) is 0. The van der Waals surface area contributed by atoms with E-state index >= 15 is 0 Å². The number of fused-ring (bicyclic) bond motifs is 1. The molecule has 0 fully saturated rings. The van der Waals surface area contributed by atoms with Crippen molar-refractivity contribution >= 4 is 24.0 Å². The van der Waals surface area contributed by atoms with Crippen LogP contribution in [0.25, 0.3) is 0 Å². The summed E-state index contributed by atoms with van der Waals surface area (Å²) in [6, 6.07) is 0.471. The van der Waals surface area contributed by atoms with Crippen LogP contribution in [0.3, 0.4) is 0 Å². The summed E-state index contributed by atoms with van der Waals surface area (Å²) < 4.78 is 1.91. The molecule has 0 aromatic carbocycles. The summed E-state index contributed by atoms with van der Waals surface area (Å²) in [5.41, 5.74) is 2.97. The van der Waals surface area contributed by atoms with Crippen molar-refractivity contribution in [2.24, 2.45) is 0 Å². The van der Waals surface area contributed by atoms with Crippen LogP contribution in [0.15, 0.2) is 6.20 Å². The molecule has 0 unspecified atom stereocenters. The van der Waals surface area contributed by atoms with Gasteiger partial charge in [0, 0.05) is 11.1 Å². The van der Waals surface area contributed by atoms with Gasteiger partial charge in [0.2, 0.25) is 0 Å². The molecule has 74 valence electrons. The third-order valence-electron chi connectivity index (χ3n) is 2.69. The normalized spacial score (nSPS) is 18.1. The van der Waals surface area contributed by atoms with Crippen LogP contribution >= 0.6 is 24.0 Å². The highest BCUT2D eigenvalue weighted by atomic mass is 35.5. The molecule has 1 aromatic heterocycles. The zero-order valence-electron chi connectivity index (χ0n) is 7.88. The van der Waals surface area contributed by atoms with E-state index in [2.05, 4.69) is 18.9 Å². The van der Waals surface area contributed by atoms with E-state index in [4.69, 9.17) is 11.6 Å². The van der Waals surface area contributed by atoms with E-state index in [9.17, 15) is 0 Å². The number of rotatable bonds is 1. The van der Waals surface area contributed by atoms with Crippen molar-refractivity contribution in [1.82, 2.24) is 9.78 Å². The maximum absolute atomic E-state index is 5.78. The highest BCUT2D eigenvalue weighted by molar-refractivity contribution is 6.15. The first-order valence-electron chi connectivity index (χ1n) is 4.26. The minimum absolute atomic E-state index is 0.